The number of hydrogen-bond donors (Lipinski definition) is 1. The van der Waals surface area contributed by atoms with E-state index in [0.29, 0.717) is 0 Å². The van der Waals surface area contributed by atoms with Crippen molar-refractivity contribution in [3.63, 3.8) is 0 Å². The zero-order chi connectivity index (χ0) is 14.7. The van der Waals surface area contributed by atoms with Crippen LogP contribution in [0, 0.1) is 0 Å². The number of fused-ring (bicyclic) bond motifs is 1. The summed E-state index contributed by atoms with van der Waals surface area (Å²) in [6, 6.07) is 4.37. The van der Waals surface area contributed by atoms with Gasteiger partial charge in [-0.1, -0.05) is 15.9 Å². The predicted molar refractivity (Wildman–Crippen MR) is 86.8 cm³/mol. The Kier molecular flexibility index (Phi) is 5.16. The van der Waals surface area contributed by atoms with Gasteiger partial charge in [0.05, 0.1) is 13.2 Å². The molecule has 1 saturated heterocycles. The van der Waals surface area contributed by atoms with Crippen molar-refractivity contribution in [1.82, 2.24) is 9.80 Å². The summed E-state index contributed by atoms with van der Waals surface area (Å²) in [6.07, 6.45) is 2.18. The fraction of sp³-hybridized carbons (Fsp3) is 0.625. The van der Waals surface area contributed by atoms with E-state index in [9.17, 15) is 0 Å². The number of nitrogens with zero attached hydrogens (tertiary/aromatic N) is 2. The molecule has 0 saturated carbocycles. The molecule has 1 N–H and O–H groups in total. The molecule has 2 aliphatic rings. The predicted octanol–water partition coefficient (Wildman–Crippen LogP) is 1.88. The number of hydrogen-bond acceptors (Lipinski definition) is 4. The van der Waals surface area contributed by atoms with Gasteiger partial charge < -0.3 is 9.84 Å². The lowest BCUT2D eigenvalue weighted by atomic mass is 10.1. The maximum atomic E-state index is 9.07. The SMILES string of the molecule is OCCN1CCCN(Cc2cc(Br)cc3c2OCC3)CC1. The number of ether oxygens (including phenoxy) is 1. The van der Waals surface area contributed by atoms with E-state index < -0.39 is 0 Å². The molecule has 1 aromatic rings. The van der Waals surface area contributed by atoms with Gasteiger partial charge in [-0.2, -0.15) is 0 Å². The highest BCUT2D eigenvalue weighted by Crippen LogP contribution is 2.33. The van der Waals surface area contributed by atoms with E-state index in [1.165, 1.54) is 11.1 Å². The summed E-state index contributed by atoms with van der Waals surface area (Å²) in [5.41, 5.74) is 2.63. The van der Waals surface area contributed by atoms with Crippen LogP contribution in [0.5, 0.6) is 5.75 Å². The van der Waals surface area contributed by atoms with E-state index in [1.807, 2.05) is 0 Å². The highest BCUT2D eigenvalue weighted by molar-refractivity contribution is 9.10. The molecule has 0 aromatic heterocycles. The number of rotatable bonds is 4. The van der Waals surface area contributed by atoms with Crippen molar-refractivity contribution in [3.05, 3.63) is 27.7 Å². The molecule has 2 aliphatic heterocycles. The van der Waals surface area contributed by atoms with Crippen LogP contribution in [-0.4, -0.2) is 60.8 Å². The maximum Gasteiger partial charge on any atom is 0.127 e. The van der Waals surface area contributed by atoms with Crippen LogP contribution in [0.4, 0.5) is 0 Å². The lowest BCUT2D eigenvalue weighted by Gasteiger charge is -2.22. The van der Waals surface area contributed by atoms with Gasteiger partial charge in [0.15, 0.2) is 0 Å². The van der Waals surface area contributed by atoms with E-state index in [4.69, 9.17) is 9.84 Å². The molecule has 3 rings (SSSR count). The summed E-state index contributed by atoms with van der Waals surface area (Å²) in [4.78, 5) is 4.85. The zero-order valence-electron chi connectivity index (χ0n) is 12.4. The molecular formula is C16H23BrN2O2. The van der Waals surface area contributed by atoms with Gasteiger partial charge in [0.1, 0.15) is 5.75 Å². The Bertz CT molecular complexity index is 495. The van der Waals surface area contributed by atoms with Gasteiger partial charge in [-0.3, -0.25) is 9.80 Å². The largest absolute Gasteiger partial charge is 0.493 e. The Morgan fingerprint density at radius 1 is 1.14 bits per heavy atom. The van der Waals surface area contributed by atoms with Crippen LogP contribution in [0.1, 0.15) is 17.5 Å². The third kappa shape index (κ3) is 3.77. The maximum absolute atomic E-state index is 9.07. The highest BCUT2D eigenvalue weighted by Gasteiger charge is 2.20. The number of benzene rings is 1. The van der Waals surface area contributed by atoms with Gasteiger partial charge in [-0.25, -0.2) is 0 Å². The molecule has 4 nitrogen and oxygen atoms in total. The second-order valence-electron chi connectivity index (χ2n) is 5.85. The number of aliphatic hydroxyl groups excluding tert-OH is 1. The van der Waals surface area contributed by atoms with Crippen molar-refractivity contribution in [2.75, 3.05) is 45.9 Å². The van der Waals surface area contributed by atoms with Crippen molar-refractivity contribution in [2.24, 2.45) is 0 Å². The van der Waals surface area contributed by atoms with Crippen molar-refractivity contribution in [1.29, 1.82) is 0 Å². The van der Waals surface area contributed by atoms with E-state index >= 15 is 0 Å². The average molecular weight is 355 g/mol. The smallest absolute Gasteiger partial charge is 0.127 e. The second kappa shape index (κ2) is 7.09. The second-order valence-corrected chi connectivity index (χ2v) is 6.76. The van der Waals surface area contributed by atoms with Crippen LogP contribution in [0.3, 0.4) is 0 Å². The lowest BCUT2D eigenvalue weighted by molar-refractivity contribution is 0.195. The van der Waals surface area contributed by atoms with Crippen LogP contribution < -0.4 is 4.74 Å². The zero-order valence-corrected chi connectivity index (χ0v) is 13.9. The molecule has 2 heterocycles. The molecule has 0 radical (unpaired) electrons. The van der Waals surface area contributed by atoms with Gasteiger partial charge >= 0.3 is 0 Å². The molecule has 0 aliphatic carbocycles. The van der Waals surface area contributed by atoms with E-state index in [-0.39, 0.29) is 6.61 Å². The molecule has 0 amide bonds. The fourth-order valence-electron chi connectivity index (χ4n) is 3.25. The topological polar surface area (TPSA) is 35.9 Å². The summed E-state index contributed by atoms with van der Waals surface area (Å²) in [7, 11) is 0. The molecule has 1 fully saturated rings. The molecule has 0 atom stereocenters. The summed E-state index contributed by atoms with van der Waals surface area (Å²) in [5.74, 6) is 1.11. The third-order valence-electron chi connectivity index (χ3n) is 4.32. The van der Waals surface area contributed by atoms with Crippen LogP contribution in [0.25, 0.3) is 0 Å². The normalized spacial score (nSPS) is 20.1. The van der Waals surface area contributed by atoms with Gasteiger partial charge in [-0.15, -0.1) is 0 Å². The van der Waals surface area contributed by atoms with Crippen LogP contribution in [0.15, 0.2) is 16.6 Å². The number of aliphatic hydroxyl groups is 1. The summed E-state index contributed by atoms with van der Waals surface area (Å²) < 4.78 is 6.98. The van der Waals surface area contributed by atoms with Gasteiger partial charge in [-0.05, 0) is 37.2 Å². The van der Waals surface area contributed by atoms with E-state index in [0.717, 1.165) is 68.9 Å². The standard InChI is InChI=1S/C16H23BrN2O2/c17-15-10-13-2-9-21-16(13)14(11-15)12-19-4-1-3-18(5-6-19)7-8-20/h10-11,20H,1-9,12H2. The number of β-amino-alcohol motifs (C(OH)–C–C–N with tert-alkyl or cyclic N) is 1. The summed E-state index contributed by atoms with van der Waals surface area (Å²) >= 11 is 3.62. The summed E-state index contributed by atoms with van der Waals surface area (Å²) in [5, 5.41) is 9.07. The van der Waals surface area contributed by atoms with Gasteiger partial charge in [0.25, 0.3) is 0 Å². The first-order chi connectivity index (χ1) is 10.3. The quantitative estimate of drug-likeness (QED) is 0.895. The minimum absolute atomic E-state index is 0.257. The monoisotopic (exact) mass is 354 g/mol. The molecule has 1 aromatic carbocycles. The molecule has 0 spiro atoms. The van der Waals surface area contributed by atoms with Crippen molar-refractivity contribution >= 4 is 15.9 Å². The molecule has 5 heteroatoms. The van der Waals surface area contributed by atoms with Crippen LogP contribution in [0.2, 0.25) is 0 Å². The Labute approximate surface area is 134 Å². The van der Waals surface area contributed by atoms with Gasteiger partial charge in [0.2, 0.25) is 0 Å². The first-order valence-electron chi connectivity index (χ1n) is 7.76. The molecular weight excluding hydrogens is 332 g/mol. The van der Waals surface area contributed by atoms with Crippen LogP contribution >= 0.6 is 15.9 Å². The minimum atomic E-state index is 0.257. The minimum Gasteiger partial charge on any atom is -0.493 e. The Balaban J connectivity index is 1.67. The van der Waals surface area contributed by atoms with Crippen molar-refractivity contribution in [2.45, 2.75) is 19.4 Å². The Hall–Kier alpha value is -0.620. The first-order valence-corrected chi connectivity index (χ1v) is 8.55. The van der Waals surface area contributed by atoms with Gasteiger partial charge in [0, 0.05) is 42.6 Å². The highest BCUT2D eigenvalue weighted by atomic mass is 79.9. The molecule has 116 valence electrons. The Morgan fingerprint density at radius 3 is 2.81 bits per heavy atom. The molecule has 21 heavy (non-hydrogen) atoms. The fourth-order valence-corrected chi connectivity index (χ4v) is 3.80. The molecule has 0 bridgehead atoms. The number of halogens is 1. The third-order valence-corrected chi connectivity index (χ3v) is 4.77. The van der Waals surface area contributed by atoms with E-state index in [2.05, 4.69) is 37.9 Å². The Morgan fingerprint density at radius 2 is 1.95 bits per heavy atom. The lowest BCUT2D eigenvalue weighted by Crippen LogP contribution is -2.32. The van der Waals surface area contributed by atoms with Crippen molar-refractivity contribution in [3.8, 4) is 5.75 Å². The molecule has 0 unspecified atom stereocenters. The van der Waals surface area contributed by atoms with Crippen LogP contribution in [-0.2, 0) is 13.0 Å². The first kappa shape index (κ1) is 15.3. The van der Waals surface area contributed by atoms with Crippen molar-refractivity contribution < 1.29 is 9.84 Å². The van der Waals surface area contributed by atoms with E-state index in [1.54, 1.807) is 0 Å². The average Bonchev–Trinajstić information content (AvgIpc) is 2.81. The summed E-state index contributed by atoms with van der Waals surface area (Å²) in [6.45, 7) is 7.11.